The van der Waals surface area contributed by atoms with Gasteiger partial charge in [-0.1, -0.05) is 6.92 Å². The molecular formula is C14H21ClN2. The van der Waals surface area contributed by atoms with E-state index in [1.165, 1.54) is 30.4 Å². The zero-order valence-electron chi connectivity index (χ0n) is 11.0. The van der Waals surface area contributed by atoms with Crippen LogP contribution in [0, 0.1) is 13.8 Å². The van der Waals surface area contributed by atoms with Gasteiger partial charge in [-0.25, -0.2) is 4.98 Å². The number of pyridine rings is 1. The van der Waals surface area contributed by atoms with Crippen LogP contribution in [0.5, 0.6) is 0 Å². The summed E-state index contributed by atoms with van der Waals surface area (Å²) in [5.74, 6) is 1.68. The van der Waals surface area contributed by atoms with Crippen molar-refractivity contribution in [2.45, 2.75) is 52.0 Å². The second kappa shape index (κ2) is 5.26. The fourth-order valence-corrected chi connectivity index (χ4v) is 3.12. The van der Waals surface area contributed by atoms with Gasteiger partial charge in [-0.3, -0.25) is 0 Å². The van der Waals surface area contributed by atoms with Gasteiger partial charge in [0.1, 0.15) is 5.82 Å². The van der Waals surface area contributed by atoms with Crippen LogP contribution < -0.4 is 4.90 Å². The van der Waals surface area contributed by atoms with Gasteiger partial charge in [0.25, 0.3) is 0 Å². The molecule has 94 valence electrons. The molecule has 0 radical (unpaired) electrons. The Morgan fingerprint density at radius 3 is 2.88 bits per heavy atom. The molecule has 0 aromatic carbocycles. The molecule has 1 aliphatic heterocycles. The first-order chi connectivity index (χ1) is 8.17. The summed E-state index contributed by atoms with van der Waals surface area (Å²) in [6, 6.07) is 2.77. The molecule has 1 atom stereocenters. The predicted molar refractivity (Wildman–Crippen MR) is 73.9 cm³/mol. The molecule has 17 heavy (non-hydrogen) atoms. The van der Waals surface area contributed by atoms with Gasteiger partial charge in [0.2, 0.25) is 0 Å². The molecule has 0 aliphatic carbocycles. The third kappa shape index (κ3) is 2.42. The molecule has 0 N–H and O–H groups in total. The Hall–Kier alpha value is -0.760. The normalized spacial score (nSPS) is 20.0. The molecule has 2 heterocycles. The van der Waals surface area contributed by atoms with Crippen LogP contribution in [0.15, 0.2) is 6.07 Å². The number of rotatable bonds is 3. The molecule has 0 spiro atoms. The predicted octanol–water partition coefficient (Wildman–Crippen LogP) is 3.82. The van der Waals surface area contributed by atoms with E-state index in [2.05, 4.69) is 31.7 Å². The van der Waals surface area contributed by atoms with Crippen LogP contribution in [0.25, 0.3) is 0 Å². The van der Waals surface area contributed by atoms with E-state index in [1.807, 2.05) is 0 Å². The lowest BCUT2D eigenvalue weighted by Gasteiger charge is -2.27. The number of alkyl halides is 1. The summed E-state index contributed by atoms with van der Waals surface area (Å²) in [6.45, 7) is 7.57. The van der Waals surface area contributed by atoms with E-state index in [9.17, 15) is 0 Å². The summed E-state index contributed by atoms with van der Waals surface area (Å²) in [7, 11) is 0. The highest BCUT2D eigenvalue weighted by molar-refractivity contribution is 6.17. The van der Waals surface area contributed by atoms with Crippen LogP contribution in [0.1, 0.15) is 43.0 Å². The van der Waals surface area contributed by atoms with Crippen molar-refractivity contribution in [3.63, 3.8) is 0 Å². The Bertz CT molecular complexity index is 403. The molecule has 2 nitrogen and oxygen atoms in total. The zero-order valence-corrected chi connectivity index (χ0v) is 11.7. The third-order valence-corrected chi connectivity index (χ3v) is 3.97. The number of aromatic nitrogens is 1. The van der Waals surface area contributed by atoms with Crippen LogP contribution in [0.4, 0.5) is 5.82 Å². The summed E-state index contributed by atoms with van der Waals surface area (Å²) >= 11 is 6.09. The highest BCUT2D eigenvalue weighted by atomic mass is 35.5. The second-order valence-electron chi connectivity index (χ2n) is 4.91. The summed E-state index contributed by atoms with van der Waals surface area (Å²) in [4.78, 5) is 7.18. The number of aryl methyl sites for hydroxylation is 2. The summed E-state index contributed by atoms with van der Waals surface area (Å²) in [5, 5.41) is 0. The molecule has 1 aromatic rings. The standard InChI is InChI=1S/C14H21ClN2/c1-4-12-6-5-7-17(12)14-13(9-15)10(2)8-11(3)16-14/h8,12H,4-7,9H2,1-3H3. The first-order valence-electron chi connectivity index (χ1n) is 6.47. The Balaban J connectivity index is 2.42. The van der Waals surface area contributed by atoms with Gasteiger partial charge in [0.05, 0.1) is 5.88 Å². The maximum atomic E-state index is 6.09. The quantitative estimate of drug-likeness (QED) is 0.761. The molecule has 1 fully saturated rings. The molecule has 1 aliphatic rings. The van der Waals surface area contributed by atoms with Crippen molar-refractivity contribution in [3.05, 3.63) is 22.9 Å². The zero-order chi connectivity index (χ0) is 12.4. The number of halogens is 1. The van der Waals surface area contributed by atoms with E-state index in [-0.39, 0.29) is 0 Å². The molecular weight excluding hydrogens is 232 g/mol. The number of anilines is 1. The first-order valence-corrected chi connectivity index (χ1v) is 7.00. The molecule has 1 aromatic heterocycles. The lowest BCUT2D eigenvalue weighted by molar-refractivity contribution is 0.638. The third-order valence-electron chi connectivity index (χ3n) is 3.71. The van der Waals surface area contributed by atoms with Crippen LogP contribution in [0.2, 0.25) is 0 Å². The van der Waals surface area contributed by atoms with Crippen molar-refractivity contribution < 1.29 is 0 Å². The molecule has 2 rings (SSSR count). The molecule has 0 amide bonds. The maximum absolute atomic E-state index is 6.09. The lowest BCUT2D eigenvalue weighted by Crippen LogP contribution is -2.30. The Labute approximate surface area is 109 Å². The van der Waals surface area contributed by atoms with Crippen molar-refractivity contribution in [1.82, 2.24) is 4.98 Å². The van der Waals surface area contributed by atoms with Crippen LogP contribution in [0.3, 0.4) is 0 Å². The van der Waals surface area contributed by atoms with Gasteiger partial charge < -0.3 is 4.90 Å². The maximum Gasteiger partial charge on any atom is 0.133 e. The minimum Gasteiger partial charge on any atom is -0.353 e. The molecule has 0 bridgehead atoms. The van der Waals surface area contributed by atoms with Gasteiger partial charge in [-0.2, -0.15) is 0 Å². The van der Waals surface area contributed by atoms with E-state index in [4.69, 9.17) is 16.6 Å². The molecule has 3 heteroatoms. The second-order valence-corrected chi connectivity index (χ2v) is 5.18. The highest BCUT2D eigenvalue weighted by Gasteiger charge is 2.26. The summed E-state index contributed by atoms with van der Waals surface area (Å²) < 4.78 is 0. The van der Waals surface area contributed by atoms with Crippen molar-refractivity contribution in [3.8, 4) is 0 Å². The Morgan fingerprint density at radius 2 is 2.24 bits per heavy atom. The average molecular weight is 253 g/mol. The topological polar surface area (TPSA) is 16.1 Å². The smallest absolute Gasteiger partial charge is 0.133 e. The van der Waals surface area contributed by atoms with Gasteiger partial charge >= 0.3 is 0 Å². The first kappa shape index (κ1) is 12.7. The number of hydrogen-bond acceptors (Lipinski definition) is 2. The van der Waals surface area contributed by atoms with Crippen molar-refractivity contribution in [2.75, 3.05) is 11.4 Å². The van der Waals surface area contributed by atoms with Gasteiger partial charge in [0, 0.05) is 23.8 Å². The van der Waals surface area contributed by atoms with Gasteiger partial charge in [-0.05, 0) is 44.7 Å². The van der Waals surface area contributed by atoms with Crippen LogP contribution in [-0.4, -0.2) is 17.6 Å². The van der Waals surface area contributed by atoms with Crippen molar-refractivity contribution >= 4 is 17.4 Å². The number of nitrogens with zero attached hydrogens (tertiary/aromatic N) is 2. The van der Waals surface area contributed by atoms with Crippen molar-refractivity contribution in [2.24, 2.45) is 0 Å². The average Bonchev–Trinajstić information content (AvgIpc) is 2.75. The van der Waals surface area contributed by atoms with Gasteiger partial charge in [-0.15, -0.1) is 11.6 Å². The number of hydrogen-bond donors (Lipinski definition) is 0. The van der Waals surface area contributed by atoms with E-state index >= 15 is 0 Å². The van der Waals surface area contributed by atoms with E-state index in [0.29, 0.717) is 11.9 Å². The minimum atomic E-state index is 0.557. The van der Waals surface area contributed by atoms with Crippen LogP contribution >= 0.6 is 11.6 Å². The Morgan fingerprint density at radius 1 is 1.47 bits per heavy atom. The molecule has 1 unspecified atom stereocenters. The molecule has 1 saturated heterocycles. The SMILES string of the molecule is CCC1CCCN1c1nc(C)cc(C)c1CCl. The molecule has 0 saturated carbocycles. The highest BCUT2D eigenvalue weighted by Crippen LogP contribution is 2.31. The van der Waals surface area contributed by atoms with E-state index in [0.717, 1.165) is 18.1 Å². The fraction of sp³-hybridized carbons (Fsp3) is 0.643. The van der Waals surface area contributed by atoms with E-state index in [1.54, 1.807) is 0 Å². The Kier molecular flexibility index (Phi) is 3.93. The fourth-order valence-electron chi connectivity index (χ4n) is 2.79. The summed E-state index contributed by atoms with van der Waals surface area (Å²) in [5.41, 5.74) is 3.56. The monoisotopic (exact) mass is 252 g/mol. The van der Waals surface area contributed by atoms with E-state index < -0.39 is 0 Å². The summed E-state index contributed by atoms with van der Waals surface area (Å²) in [6.07, 6.45) is 3.75. The minimum absolute atomic E-state index is 0.557. The van der Waals surface area contributed by atoms with Crippen LogP contribution in [-0.2, 0) is 5.88 Å². The largest absolute Gasteiger partial charge is 0.353 e. The lowest BCUT2D eigenvalue weighted by atomic mass is 10.1. The van der Waals surface area contributed by atoms with Crippen molar-refractivity contribution in [1.29, 1.82) is 0 Å². The van der Waals surface area contributed by atoms with Gasteiger partial charge in [0.15, 0.2) is 0 Å².